The van der Waals surface area contributed by atoms with Gasteiger partial charge >= 0.3 is 12.3 Å². The predicted molar refractivity (Wildman–Crippen MR) is 120 cm³/mol. The van der Waals surface area contributed by atoms with Crippen LogP contribution in [0, 0.1) is 11.7 Å². The van der Waals surface area contributed by atoms with Crippen molar-refractivity contribution in [3.63, 3.8) is 0 Å². The number of benzene rings is 1. The maximum atomic E-state index is 13.3. The van der Waals surface area contributed by atoms with Gasteiger partial charge in [0.05, 0.1) is 11.9 Å². The zero-order valence-corrected chi connectivity index (χ0v) is 19.7. The van der Waals surface area contributed by atoms with Crippen molar-refractivity contribution in [3.05, 3.63) is 53.2 Å². The normalized spacial score (nSPS) is 19.1. The van der Waals surface area contributed by atoms with Gasteiger partial charge in [-0.3, -0.25) is 0 Å². The van der Waals surface area contributed by atoms with Crippen LogP contribution in [-0.4, -0.2) is 45.7 Å². The van der Waals surface area contributed by atoms with E-state index in [-0.39, 0.29) is 36.0 Å². The van der Waals surface area contributed by atoms with Gasteiger partial charge in [0, 0.05) is 25.6 Å². The molecule has 6 nitrogen and oxygen atoms in total. The van der Waals surface area contributed by atoms with E-state index in [9.17, 15) is 22.4 Å². The van der Waals surface area contributed by atoms with Gasteiger partial charge in [-0.2, -0.15) is 13.2 Å². The van der Waals surface area contributed by atoms with Gasteiger partial charge in [-0.25, -0.2) is 19.2 Å². The summed E-state index contributed by atoms with van der Waals surface area (Å²) in [4.78, 5) is 22.0. The van der Waals surface area contributed by atoms with E-state index in [0.29, 0.717) is 31.3 Å². The molecule has 0 spiro atoms. The molecule has 1 aliphatic rings. The summed E-state index contributed by atoms with van der Waals surface area (Å²) < 4.78 is 58.6. The van der Waals surface area contributed by atoms with Crippen LogP contribution in [0.5, 0.6) is 0 Å². The lowest BCUT2D eigenvalue weighted by Crippen LogP contribution is -2.49. The third-order valence-corrected chi connectivity index (χ3v) is 5.65. The second kappa shape index (κ2) is 10.1. The van der Waals surface area contributed by atoms with Crippen molar-refractivity contribution in [1.82, 2.24) is 14.9 Å². The lowest BCUT2D eigenvalue weighted by Gasteiger charge is -2.39. The van der Waals surface area contributed by atoms with Crippen molar-refractivity contribution in [2.24, 2.45) is 5.92 Å². The standard InChI is InChI=1S/C24H30F4N4O2/c1-5-16-14-32(22(33)34-23(2,3)4)11-10-18(16)31-21-19(12-15-6-8-17(25)9-7-15)30-20(13-29-21)24(26,27)28/h6-9,13,16,18H,5,10-12,14H2,1-4H3,(H,29,31)/t16-,18-/m1/s1. The van der Waals surface area contributed by atoms with Gasteiger partial charge in [0.2, 0.25) is 0 Å². The topological polar surface area (TPSA) is 67.3 Å². The van der Waals surface area contributed by atoms with E-state index in [0.717, 1.165) is 6.42 Å². The Kier molecular flexibility index (Phi) is 7.67. The molecule has 0 saturated carbocycles. The fourth-order valence-corrected chi connectivity index (χ4v) is 3.91. The molecule has 0 aliphatic carbocycles. The number of alkyl halides is 3. The van der Waals surface area contributed by atoms with Crippen LogP contribution < -0.4 is 5.32 Å². The number of halogens is 4. The summed E-state index contributed by atoms with van der Waals surface area (Å²) in [6.07, 6.45) is -2.90. The molecule has 186 valence electrons. The van der Waals surface area contributed by atoms with Crippen molar-refractivity contribution in [3.8, 4) is 0 Å². The number of ether oxygens (including phenoxy) is 1. The van der Waals surface area contributed by atoms with E-state index < -0.39 is 23.3 Å². The second-order valence-corrected chi connectivity index (χ2v) is 9.49. The quantitative estimate of drug-likeness (QED) is 0.556. The average Bonchev–Trinajstić information content (AvgIpc) is 2.74. The molecule has 3 rings (SSSR count). The highest BCUT2D eigenvalue weighted by Crippen LogP contribution is 2.31. The molecule has 1 aromatic heterocycles. The van der Waals surface area contributed by atoms with Crippen LogP contribution in [0.4, 0.5) is 28.2 Å². The van der Waals surface area contributed by atoms with Gasteiger partial charge in [0.25, 0.3) is 0 Å². The number of amides is 1. The van der Waals surface area contributed by atoms with Gasteiger partial charge in [-0.05, 0) is 57.2 Å². The molecule has 1 amide bonds. The van der Waals surface area contributed by atoms with Gasteiger partial charge in [0.15, 0.2) is 5.69 Å². The predicted octanol–water partition coefficient (Wildman–Crippen LogP) is 5.67. The Bertz CT molecular complexity index is 990. The molecule has 10 heteroatoms. The number of piperidine rings is 1. The molecule has 1 aromatic carbocycles. The first-order chi connectivity index (χ1) is 15.9. The summed E-state index contributed by atoms with van der Waals surface area (Å²) in [6, 6.07) is 5.41. The van der Waals surface area contributed by atoms with E-state index in [2.05, 4.69) is 15.3 Å². The average molecular weight is 483 g/mol. The minimum absolute atomic E-state index is 0.0454. The minimum Gasteiger partial charge on any atom is -0.444 e. The molecule has 1 saturated heterocycles. The Morgan fingerprint density at radius 3 is 2.47 bits per heavy atom. The Labute approximate surface area is 196 Å². The van der Waals surface area contributed by atoms with Crippen LogP contribution >= 0.6 is 0 Å². The monoisotopic (exact) mass is 482 g/mol. The second-order valence-electron chi connectivity index (χ2n) is 9.49. The Morgan fingerprint density at radius 2 is 1.88 bits per heavy atom. The van der Waals surface area contributed by atoms with Gasteiger partial charge in [-0.1, -0.05) is 19.1 Å². The zero-order valence-electron chi connectivity index (χ0n) is 19.7. The SMILES string of the molecule is CC[C@@H]1CN(C(=O)OC(C)(C)C)CC[C@H]1Nc1ncc(C(F)(F)F)nc1Cc1ccc(F)cc1. The van der Waals surface area contributed by atoms with Crippen molar-refractivity contribution < 1.29 is 27.1 Å². The zero-order chi connectivity index (χ0) is 25.1. The molecule has 2 heterocycles. The molecular weight excluding hydrogens is 452 g/mol. The smallest absolute Gasteiger partial charge is 0.434 e. The number of hydrogen-bond donors (Lipinski definition) is 1. The molecule has 0 unspecified atom stereocenters. The van der Waals surface area contributed by atoms with E-state index in [1.807, 2.05) is 27.7 Å². The number of aromatic nitrogens is 2. The maximum absolute atomic E-state index is 13.3. The Morgan fingerprint density at radius 1 is 1.21 bits per heavy atom. The van der Waals surface area contributed by atoms with Crippen molar-refractivity contribution >= 4 is 11.9 Å². The summed E-state index contributed by atoms with van der Waals surface area (Å²) in [5.41, 5.74) is -0.934. The van der Waals surface area contributed by atoms with Crippen molar-refractivity contribution in [1.29, 1.82) is 0 Å². The molecule has 34 heavy (non-hydrogen) atoms. The number of hydrogen-bond acceptors (Lipinski definition) is 5. The third-order valence-electron chi connectivity index (χ3n) is 5.65. The van der Waals surface area contributed by atoms with Gasteiger partial charge in [-0.15, -0.1) is 0 Å². The first-order valence-corrected chi connectivity index (χ1v) is 11.3. The molecule has 2 atom stereocenters. The number of carbonyl (C=O) groups excluding carboxylic acids is 1. The number of nitrogens with one attached hydrogen (secondary N) is 1. The highest BCUT2D eigenvalue weighted by Gasteiger charge is 2.36. The first-order valence-electron chi connectivity index (χ1n) is 11.3. The number of rotatable bonds is 5. The molecule has 1 aliphatic heterocycles. The van der Waals surface area contributed by atoms with E-state index >= 15 is 0 Å². The van der Waals surface area contributed by atoms with Crippen LogP contribution in [0.2, 0.25) is 0 Å². The van der Waals surface area contributed by atoms with E-state index in [1.165, 1.54) is 24.3 Å². The van der Waals surface area contributed by atoms with Crippen LogP contribution in [-0.2, 0) is 17.3 Å². The molecule has 1 fully saturated rings. The highest BCUT2D eigenvalue weighted by atomic mass is 19.4. The molecule has 0 bridgehead atoms. The number of carbonyl (C=O) groups is 1. The van der Waals surface area contributed by atoms with Crippen LogP contribution in [0.3, 0.4) is 0 Å². The van der Waals surface area contributed by atoms with E-state index in [4.69, 9.17) is 4.74 Å². The van der Waals surface area contributed by atoms with Gasteiger partial charge < -0.3 is 15.0 Å². The molecule has 0 radical (unpaired) electrons. The summed E-state index contributed by atoms with van der Waals surface area (Å²) >= 11 is 0. The van der Waals surface area contributed by atoms with Gasteiger partial charge in [0.1, 0.15) is 17.2 Å². The van der Waals surface area contributed by atoms with Crippen molar-refractivity contribution in [2.75, 3.05) is 18.4 Å². The number of likely N-dealkylation sites (tertiary alicyclic amines) is 1. The van der Waals surface area contributed by atoms with Crippen LogP contribution in [0.1, 0.15) is 57.5 Å². The lowest BCUT2D eigenvalue weighted by atomic mass is 9.90. The summed E-state index contributed by atoms with van der Waals surface area (Å²) in [5.74, 6) is -0.129. The largest absolute Gasteiger partial charge is 0.444 e. The third kappa shape index (κ3) is 6.80. The van der Waals surface area contributed by atoms with Crippen LogP contribution in [0.15, 0.2) is 30.5 Å². The molecular formula is C24H30F4N4O2. The molecule has 2 aromatic rings. The Balaban J connectivity index is 1.80. The number of anilines is 1. The van der Waals surface area contributed by atoms with Crippen molar-refractivity contribution in [2.45, 2.75) is 64.8 Å². The summed E-state index contributed by atoms with van der Waals surface area (Å²) in [7, 11) is 0. The Hall–Kier alpha value is -2.91. The van der Waals surface area contributed by atoms with E-state index in [1.54, 1.807) is 4.90 Å². The maximum Gasteiger partial charge on any atom is 0.434 e. The fourth-order valence-electron chi connectivity index (χ4n) is 3.91. The number of nitrogens with zero attached hydrogens (tertiary/aromatic N) is 3. The minimum atomic E-state index is -4.63. The summed E-state index contributed by atoms with van der Waals surface area (Å²) in [6.45, 7) is 8.33. The first kappa shape index (κ1) is 25.7. The molecule has 1 N–H and O–H groups in total. The fraction of sp³-hybridized carbons (Fsp3) is 0.542. The summed E-state index contributed by atoms with van der Waals surface area (Å²) in [5, 5.41) is 3.27. The highest BCUT2D eigenvalue weighted by molar-refractivity contribution is 5.68. The van der Waals surface area contributed by atoms with Crippen LogP contribution in [0.25, 0.3) is 0 Å². The lowest BCUT2D eigenvalue weighted by molar-refractivity contribution is -0.141.